The van der Waals surface area contributed by atoms with Gasteiger partial charge in [-0.1, -0.05) is 24.3 Å². The third-order valence-corrected chi connectivity index (χ3v) is 3.83. The Balaban J connectivity index is 1.60. The second kappa shape index (κ2) is 6.78. The Morgan fingerprint density at radius 2 is 2.00 bits per heavy atom. The molecule has 1 heterocycles. The van der Waals surface area contributed by atoms with Crippen LogP contribution in [0.4, 0.5) is 14.9 Å². The van der Waals surface area contributed by atoms with Crippen LogP contribution in [0.1, 0.15) is 5.56 Å². The lowest BCUT2D eigenvalue weighted by Crippen LogP contribution is -2.43. The van der Waals surface area contributed by atoms with Crippen molar-refractivity contribution in [2.75, 3.05) is 25.5 Å². The fourth-order valence-electron chi connectivity index (χ4n) is 2.50. The molecule has 0 radical (unpaired) electrons. The molecule has 2 aromatic rings. The lowest BCUT2D eigenvalue weighted by atomic mass is 10.2. The van der Waals surface area contributed by atoms with Gasteiger partial charge in [0.25, 0.3) is 0 Å². The van der Waals surface area contributed by atoms with Crippen LogP contribution in [0.15, 0.2) is 42.5 Å². The molecule has 0 aromatic heterocycles. The first-order chi connectivity index (χ1) is 11.5. The van der Waals surface area contributed by atoms with Crippen LogP contribution in [0.3, 0.4) is 0 Å². The van der Waals surface area contributed by atoms with Gasteiger partial charge in [0.15, 0.2) is 17.6 Å². The fraction of sp³-hybridized carbons (Fsp3) is 0.278. The molecule has 1 N–H and O–H groups in total. The number of ether oxygens (including phenoxy) is 2. The minimum atomic E-state index is -0.426. The number of nitrogens with one attached hydrogen (secondary N) is 1. The van der Waals surface area contributed by atoms with Crippen LogP contribution in [-0.2, 0) is 0 Å². The van der Waals surface area contributed by atoms with Crippen LogP contribution in [0.2, 0.25) is 0 Å². The van der Waals surface area contributed by atoms with Crippen molar-refractivity contribution < 1.29 is 18.7 Å². The van der Waals surface area contributed by atoms with E-state index in [1.54, 1.807) is 26.1 Å². The number of aryl methyl sites for hydroxylation is 1. The number of para-hydroxylation sites is 2. The highest BCUT2D eigenvalue weighted by atomic mass is 19.1. The molecule has 126 valence electrons. The van der Waals surface area contributed by atoms with Gasteiger partial charge in [0.1, 0.15) is 12.4 Å². The van der Waals surface area contributed by atoms with Gasteiger partial charge in [-0.3, -0.25) is 0 Å². The lowest BCUT2D eigenvalue weighted by Gasteiger charge is -2.29. The number of halogens is 1. The summed E-state index contributed by atoms with van der Waals surface area (Å²) in [7, 11) is 1.63. The first kappa shape index (κ1) is 16.1. The van der Waals surface area contributed by atoms with Crippen LogP contribution in [-0.4, -0.2) is 37.2 Å². The van der Waals surface area contributed by atoms with E-state index in [9.17, 15) is 9.18 Å². The van der Waals surface area contributed by atoms with Gasteiger partial charge in [-0.05, 0) is 30.7 Å². The predicted octanol–water partition coefficient (Wildman–Crippen LogP) is 3.44. The molecule has 3 rings (SSSR count). The number of urea groups is 1. The Morgan fingerprint density at radius 1 is 1.25 bits per heavy atom. The van der Waals surface area contributed by atoms with Crippen LogP contribution >= 0.6 is 0 Å². The molecule has 5 nitrogen and oxygen atoms in total. The Hall–Kier alpha value is -2.76. The molecule has 1 aliphatic heterocycles. The molecule has 0 spiro atoms. The number of amides is 2. The molecule has 0 fully saturated rings. The zero-order chi connectivity index (χ0) is 17.1. The van der Waals surface area contributed by atoms with Crippen LogP contribution in [0.5, 0.6) is 11.5 Å². The van der Waals surface area contributed by atoms with Gasteiger partial charge in [0, 0.05) is 7.05 Å². The summed E-state index contributed by atoms with van der Waals surface area (Å²) in [5, 5.41) is 2.58. The summed E-state index contributed by atoms with van der Waals surface area (Å²) < 4.78 is 25.4. The number of hydrogen-bond donors (Lipinski definition) is 1. The molecule has 2 aromatic carbocycles. The number of nitrogens with zero attached hydrogens (tertiary/aromatic N) is 1. The van der Waals surface area contributed by atoms with Crippen molar-refractivity contribution in [2.45, 2.75) is 13.0 Å². The molecule has 1 aliphatic rings. The van der Waals surface area contributed by atoms with Crippen molar-refractivity contribution >= 4 is 11.7 Å². The largest absolute Gasteiger partial charge is 0.486 e. The number of hydrogen-bond acceptors (Lipinski definition) is 3. The maximum Gasteiger partial charge on any atom is 0.321 e. The second-order valence-corrected chi connectivity index (χ2v) is 5.74. The zero-order valence-corrected chi connectivity index (χ0v) is 13.6. The Bertz CT molecular complexity index is 751. The Labute approximate surface area is 140 Å². The van der Waals surface area contributed by atoms with Crippen molar-refractivity contribution in [1.82, 2.24) is 4.90 Å². The maximum absolute atomic E-state index is 14.0. The van der Waals surface area contributed by atoms with Gasteiger partial charge in [-0.15, -0.1) is 0 Å². The molecule has 0 aliphatic carbocycles. The highest BCUT2D eigenvalue weighted by molar-refractivity contribution is 5.89. The van der Waals surface area contributed by atoms with Crippen molar-refractivity contribution in [2.24, 2.45) is 0 Å². The quantitative estimate of drug-likeness (QED) is 0.938. The fourth-order valence-corrected chi connectivity index (χ4v) is 2.50. The van der Waals surface area contributed by atoms with E-state index in [2.05, 4.69) is 5.32 Å². The van der Waals surface area contributed by atoms with Crippen molar-refractivity contribution in [3.63, 3.8) is 0 Å². The molecule has 6 heteroatoms. The molecule has 0 bridgehead atoms. The summed E-state index contributed by atoms with van der Waals surface area (Å²) >= 11 is 0. The molecule has 0 saturated carbocycles. The van der Waals surface area contributed by atoms with Gasteiger partial charge in [0.2, 0.25) is 0 Å². The number of carbonyl (C=O) groups is 1. The topological polar surface area (TPSA) is 50.8 Å². The van der Waals surface area contributed by atoms with Crippen LogP contribution in [0, 0.1) is 12.7 Å². The normalized spacial score (nSPS) is 15.7. The smallest absolute Gasteiger partial charge is 0.321 e. The molecular formula is C18H19FN2O3. The lowest BCUT2D eigenvalue weighted by molar-refractivity contribution is 0.0731. The highest BCUT2D eigenvalue weighted by Gasteiger charge is 2.24. The first-order valence-corrected chi connectivity index (χ1v) is 7.70. The summed E-state index contributed by atoms with van der Waals surface area (Å²) in [4.78, 5) is 13.7. The van der Waals surface area contributed by atoms with Gasteiger partial charge in [-0.25, -0.2) is 9.18 Å². The second-order valence-electron chi connectivity index (χ2n) is 5.74. The summed E-state index contributed by atoms with van der Waals surface area (Å²) in [5.74, 6) is 0.931. The number of carbonyl (C=O) groups excluding carboxylic acids is 1. The molecular weight excluding hydrogens is 311 g/mol. The number of likely N-dealkylation sites (N-methyl/N-ethyl adjacent to an activating group) is 1. The maximum atomic E-state index is 14.0. The standard InChI is InChI=1S/C18H19FN2O3/c1-12-6-5-7-14(17(12)19)20-18(22)21(2)10-13-11-23-15-8-3-4-9-16(15)24-13/h3-9,13H,10-11H2,1-2H3,(H,20,22)/t13-/m0/s1. The molecule has 0 saturated heterocycles. The summed E-state index contributed by atoms with van der Waals surface area (Å²) in [6.45, 7) is 2.33. The zero-order valence-electron chi connectivity index (χ0n) is 13.6. The summed E-state index contributed by atoms with van der Waals surface area (Å²) in [6.07, 6.45) is -0.280. The number of benzene rings is 2. The molecule has 24 heavy (non-hydrogen) atoms. The third-order valence-electron chi connectivity index (χ3n) is 3.83. The highest BCUT2D eigenvalue weighted by Crippen LogP contribution is 2.31. The molecule has 0 unspecified atom stereocenters. The number of fused-ring (bicyclic) bond motifs is 1. The average molecular weight is 330 g/mol. The van der Waals surface area contributed by atoms with E-state index in [0.29, 0.717) is 30.2 Å². The first-order valence-electron chi connectivity index (χ1n) is 7.70. The van der Waals surface area contributed by atoms with Crippen LogP contribution < -0.4 is 14.8 Å². The van der Waals surface area contributed by atoms with Gasteiger partial charge in [0.05, 0.1) is 12.2 Å². The Morgan fingerprint density at radius 3 is 2.79 bits per heavy atom. The van der Waals surface area contributed by atoms with E-state index in [0.717, 1.165) is 0 Å². The van der Waals surface area contributed by atoms with Crippen molar-refractivity contribution in [1.29, 1.82) is 0 Å². The van der Waals surface area contributed by atoms with Crippen molar-refractivity contribution in [3.05, 3.63) is 53.8 Å². The predicted molar refractivity (Wildman–Crippen MR) is 89.1 cm³/mol. The monoisotopic (exact) mass is 330 g/mol. The van der Waals surface area contributed by atoms with E-state index in [-0.39, 0.29) is 11.8 Å². The van der Waals surface area contributed by atoms with Crippen molar-refractivity contribution in [3.8, 4) is 11.5 Å². The Kier molecular flexibility index (Phi) is 4.55. The van der Waals surface area contributed by atoms with Gasteiger partial charge in [-0.2, -0.15) is 0 Å². The van der Waals surface area contributed by atoms with Crippen LogP contribution in [0.25, 0.3) is 0 Å². The third kappa shape index (κ3) is 3.42. The van der Waals surface area contributed by atoms with E-state index >= 15 is 0 Å². The van der Waals surface area contributed by atoms with Gasteiger partial charge >= 0.3 is 6.03 Å². The van der Waals surface area contributed by atoms with E-state index < -0.39 is 11.8 Å². The minimum Gasteiger partial charge on any atom is -0.486 e. The van der Waals surface area contributed by atoms with E-state index in [1.807, 2.05) is 24.3 Å². The molecule has 2 amide bonds. The van der Waals surface area contributed by atoms with E-state index in [4.69, 9.17) is 9.47 Å². The minimum absolute atomic E-state index is 0.165. The number of rotatable bonds is 3. The summed E-state index contributed by atoms with van der Waals surface area (Å²) in [5.41, 5.74) is 0.647. The van der Waals surface area contributed by atoms with E-state index in [1.165, 1.54) is 11.0 Å². The van der Waals surface area contributed by atoms with Gasteiger partial charge < -0.3 is 19.7 Å². The average Bonchev–Trinajstić information content (AvgIpc) is 2.58. The number of anilines is 1. The SMILES string of the molecule is Cc1cccc(NC(=O)N(C)C[C@H]2COc3ccccc3O2)c1F. The molecule has 1 atom stereocenters. The summed E-state index contributed by atoms with van der Waals surface area (Å²) in [6, 6.07) is 11.9.